The highest BCUT2D eigenvalue weighted by Crippen LogP contribution is 2.31. The normalized spacial score (nSPS) is 10.5. The highest BCUT2D eigenvalue weighted by molar-refractivity contribution is 7.99. The maximum absolute atomic E-state index is 13.7. The molecule has 104 valence electrons. The lowest BCUT2D eigenvalue weighted by molar-refractivity contribution is 0.0695. The summed E-state index contributed by atoms with van der Waals surface area (Å²) in [5, 5.41) is 8.65. The molecule has 2 aromatic rings. The summed E-state index contributed by atoms with van der Waals surface area (Å²) < 4.78 is 27.4. The zero-order chi connectivity index (χ0) is 14.9. The molecule has 0 unspecified atom stereocenters. The number of rotatable bonds is 3. The SMILES string of the molecule is Nc1cc(N)nc(Sc2c(F)cc(C(=O)O)cc2F)n1. The van der Waals surface area contributed by atoms with E-state index in [-0.39, 0.29) is 16.8 Å². The average molecular weight is 298 g/mol. The molecule has 0 radical (unpaired) electrons. The number of halogens is 2. The molecule has 0 bridgehead atoms. The predicted octanol–water partition coefficient (Wildman–Crippen LogP) is 1.77. The van der Waals surface area contributed by atoms with Crippen LogP contribution in [0, 0.1) is 11.6 Å². The van der Waals surface area contributed by atoms with E-state index in [2.05, 4.69) is 9.97 Å². The summed E-state index contributed by atoms with van der Waals surface area (Å²) in [5.41, 5.74) is 10.4. The number of hydrogen-bond acceptors (Lipinski definition) is 6. The maximum Gasteiger partial charge on any atom is 0.335 e. The van der Waals surface area contributed by atoms with Crippen LogP contribution in [0.25, 0.3) is 0 Å². The van der Waals surface area contributed by atoms with E-state index in [1.807, 2.05) is 0 Å². The Hall–Kier alpha value is -2.42. The first-order chi connectivity index (χ1) is 9.36. The average Bonchev–Trinajstić information content (AvgIpc) is 2.32. The molecule has 0 fully saturated rings. The summed E-state index contributed by atoms with van der Waals surface area (Å²) in [6.07, 6.45) is 0. The van der Waals surface area contributed by atoms with Gasteiger partial charge in [-0.25, -0.2) is 23.5 Å². The first kappa shape index (κ1) is 14.0. The fraction of sp³-hybridized carbons (Fsp3) is 0. The first-order valence-electron chi connectivity index (χ1n) is 5.17. The van der Waals surface area contributed by atoms with Crippen LogP contribution in [-0.2, 0) is 0 Å². The molecule has 0 aliphatic rings. The van der Waals surface area contributed by atoms with Gasteiger partial charge in [-0.15, -0.1) is 0 Å². The van der Waals surface area contributed by atoms with Gasteiger partial charge in [-0.1, -0.05) is 0 Å². The molecule has 0 aliphatic heterocycles. The lowest BCUT2D eigenvalue weighted by atomic mass is 10.2. The maximum atomic E-state index is 13.7. The smallest absolute Gasteiger partial charge is 0.335 e. The number of benzene rings is 1. The molecule has 9 heteroatoms. The molecule has 20 heavy (non-hydrogen) atoms. The molecule has 0 saturated heterocycles. The van der Waals surface area contributed by atoms with Crippen molar-refractivity contribution >= 4 is 29.4 Å². The van der Waals surface area contributed by atoms with Crippen LogP contribution < -0.4 is 11.5 Å². The Labute approximate surface area is 115 Å². The van der Waals surface area contributed by atoms with E-state index in [9.17, 15) is 13.6 Å². The largest absolute Gasteiger partial charge is 0.478 e. The second kappa shape index (κ2) is 5.29. The number of carboxylic acid groups (broad SMARTS) is 1. The van der Waals surface area contributed by atoms with Crippen molar-refractivity contribution in [2.75, 3.05) is 11.5 Å². The molecular formula is C11H8F2N4O2S. The van der Waals surface area contributed by atoms with E-state index in [0.717, 1.165) is 0 Å². The lowest BCUT2D eigenvalue weighted by Crippen LogP contribution is -2.02. The van der Waals surface area contributed by atoms with E-state index in [1.165, 1.54) is 6.07 Å². The van der Waals surface area contributed by atoms with Crippen LogP contribution in [0.4, 0.5) is 20.4 Å². The number of hydrogen-bond donors (Lipinski definition) is 3. The molecular weight excluding hydrogens is 290 g/mol. The van der Waals surface area contributed by atoms with Crippen LogP contribution >= 0.6 is 11.8 Å². The summed E-state index contributed by atoms with van der Waals surface area (Å²) in [7, 11) is 0. The van der Waals surface area contributed by atoms with Gasteiger partial charge in [0.05, 0.1) is 10.5 Å². The molecule has 5 N–H and O–H groups in total. The number of nitrogens with zero attached hydrogens (tertiary/aromatic N) is 2. The zero-order valence-corrected chi connectivity index (χ0v) is 10.6. The fourth-order valence-corrected chi connectivity index (χ4v) is 2.18. The number of carbonyl (C=O) groups is 1. The minimum absolute atomic E-state index is 0.0385. The van der Waals surface area contributed by atoms with Crippen molar-refractivity contribution in [2.45, 2.75) is 10.1 Å². The van der Waals surface area contributed by atoms with Gasteiger partial charge >= 0.3 is 5.97 Å². The fourth-order valence-electron chi connectivity index (χ4n) is 1.38. The van der Waals surface area contributed by atoms with E-state index in [0.29, 0.717) is 23.9 Å². The standard InChI is InChI=1S/C11H8F2N4O2S/c12-5-1-4(10(18)19)2-6(13)9(5)20-11-16-7(14)3-8(15)17-11/h1-3H,(H,18,19)(H4,14,15,16,17). The molecule has 0 spiro atoms. The molecule has 0 atom stereocenters. The van der Waals surface area contributed by atoms with Crippen LogP contribution in [0.5, 0.6) is 0 Å². The summed E-state index contributed by atoms with van der Waals surface area (Å²) in [6.45, 7) is 0. The van der Waals surface area contributed by atoms with Crippen molar-refractivity contribution in [1.29, 1.82) is 0 Å². The third-order valence-corrected chi connectivity index (χ3v) is 3.14. The highest BCUT2D eigenvalue weighted by Gasteiger charge is 2.17. The molecule has 1 heterocycles. The Morgan fingerprint density at radius 1 is 1.10 bits per heavy atom. The Balaban J connectivity index is 2.41. The van der Waals surface area contributed by atoms with Gasteiger partial charge in [0.25, 0.3) is 0 Å². The zero-order valence-electron chi connectivity index (χ0n) is 9.80. The molecule has 0 saturated carbocycles. The molecule has 1 aromatic carbocycles. The molecule has 6 nitrogen and oxygen atoms in total. The summed E-state index contributed by atoms with van der Waals surface area (Å²) in [6, 6.07) is 2.72. The number of aromatic nitrogens is 2. The Morgan fingerprint density at radius 2 is 1.60 bits per heavy atom. The van der Waals surface area contributed by atoms with Gasteiger partial charge in [0.1, 0.15) is 23.3 Å². The molecule has 0 amide bonds. The summed E-state index contributed by atoms with van der Waals surface area (Å²) >= 11 is 0.564. The van der Waals surface area contributed by atoms with Crippen molar-refractivity contribution in [3.63, 3.8) is 0 Å². The van der Waals surface area contributed by atoms with Gasteiger partial charge in [-0.2, -0.15) is 0 Å². The Morgan fingerprint density at radius 3 is 2.05 bits per heavy atom. The van der Waals surface area contributed by atoms with E-state index in [4.69, 9.17) is 16.6 Å². The number of nitrogens with two attached hydrogens (primary N) is 2. The number of nitrogen functional groups attached to an aromatic ring is 2. The number of carboxylic acids is 1. The van der Waals surface area contributed by atoms with Gasteiger partial charge in [-0.05, 0) is 23.9 Å². The van der Waals surface area contributed by atoms with Gasteiger partial charge in [-0.3, -0.25) is 0 Å². The molecule has 2 rings (SSSR count). The van der Waals surface area contributed by atoms with E-state index in [1.54, 1.807) is 0 Å². The molecule has 0 aliphatic carbocycles. The van der Waals surface area contributed by atoms with Crippen molar-refractivity contribution < 1.29 is 18.7 Å². The Bertz CT molecular complexity index is 653. The summed E-state index contributed by atoms with van der Waals surface area (Å²) in [4.78, 5) is 17.8. The van der Waals surface area contributed by atoms with Crippen LogP contribution in [0.15, 0.2) is 28.3 Å². The van der Waals surface area contributed by atoms with Crippen LogP contribution in [-0.4, -0.2) is 21.0 Å². The predicted molar refractivity (Wildman–Crippen MR) is 68.3 cm³/mol. The quantitative estimate of drug-likeness (QED) is 0.739. The minimum atomic E-state index is -1.43. The monoisotopic (exact) mass is 298 g/mol. The number of anilines is 2. The van der Waals surface area contributed by atoms with Crippen molar-refractivity contribution in [1.82, 2.24) is 9.97 Å². The Kier molecular flexibility index (Phi) is 3.70. The van der Waals surface area contributed by atoms with E-state index >= 15 is 0 Å². The minimum Gasteiger partial charge on any atom is -0.478 e. The second-order valence-corrected chi connectivity index (χ2v) is 4.65. The van der Waals surface area contributed by atoms with Crippen molar-refractivity contribution in [2.24, 2.45) is 0 Å². The van der Waals surface area contributed by atoms with Crippen LogP contribution in [0.2, 0.25) is 0 Å². The third kappa shape index (κ3) is 2.94. The van der Waals surface area contributed by atoms with Crippen LogP contribution in [0.3, 0.4) is 0 Å². The van der Waals surface area contributed by atoms with Gasteiger partial charge in [0.2, 0.25) is 0 Å². The van der Waals surface area contributed by atoms with Crippen LogP contribution in [0.1, 0.15) is 10.4 Å². The van der Waals surface area contributed by atoms with E-state index < -0.39 is 28.1 Å². The second-order valence-electron chi connectivity index (χ2n) is 3.68. The highest BCUT2D eigenvalue weighted by atomic mass is 32.2. The van der Waals surface area contributed by atoms with Gasteiger partial charge in [0, 0.05) is 6.07 Å². The third-order valence-electron chi connectivity index (χ3n) is 2.18. The summed E-state index contributed by atoms with van der Waals surface area (Å²) in [5.74, 6) is -3.37. The lowest BCUT2D eigenvalue weighted by Gasteiger charge is -2.06. The van der Waals surface area contributed by atoms with Crippen molar-refractivity contribution in [3.05, 3.63) is 35.4 Å². The van der Waals surface area contributed by atoms with Gasteiger partial charge < -0.3 is 16.6 Å². The number of aromatic carboxylic acids is 1. The van der Waals surface area contributed by atoms with Gasteiger partial charge in [0.15, 0.2) is 5.16 Å². The van der Waals surface area contributed by atoms with Crippen molar-refractivity contribution in [3.8, 4) is 0 Å². The topological polar surface area (TPSA) is 115 Å². The molecule has 1 aromatic heterocycles. The first-order valence-corrected chi connectivity index (χ1v) is 5.98.